The first-order chi connectivity index (χ1) is 16.1. The number of nitrogens with zero attached hydrogens (tertiary/aromatic N) is 1. The molecule has 1 spiro atoms. The van der Waals surface area contributed by atoms with Crippen molar-refractivity contribution in [3.05, 3.63) is 95.1 Å². The number of benzene rings is 3. The number of rotatable bonds is 2. The first-order valence-electron chi connectivity index (χ1n) is 11.9. The van der Waals surface area contributed by atoms with Crippen LogP contribution in [0.5, 0.6) is 11.5 Å². The van der Waals surface area contributed by atoms with Crippen LogP contribution in [0.2, 0.25) is 0 Å². The topological polar surface area (TPSA) is 49.8 Å². The van der Waals surface area contributed by atoms with E-state index in [1.54, 1.807) is 6.07 Å². The summed E-state index contributed by atoms with van der Waals surface area (Å²) in [4.78, 5) is 17.2. The van der Waals surface area contributed by atoms with Crippen molar-refractivity contribution < 1.29 is 14.6 Å². The van der Waals surface area contributed by atoms with E-state index in [2.05, 4.69) is 36.2 Å². The third-order valence-corrected chi connectivity index (χ3v) is 9.11. The summed E-state index contributed by atoms with van der Waals surface area (Å²) in [6, 6.07) is 24.6. The molecule has 2 bridgehead atoms. The molecule has 4 aliphatic rings. The number of Topliss-reactive ketones (excluding diaryl/α,β-unsaturated/α-hetero) is 1. The number of piperidine rings is 1. The van der Waals surface area contributed by atoms with Crippen molar-refractivity contribution in [1.82, 2.24) is 4.90 Å². The smallest absolute Gasteiger partial charge is 0.189 e. The highest BCUT2D eigenvalue weighted by molar-refractivity contribution is 6.01. The molecule has 33 heavy (non-hydrogen) atoms. The summed E-state index contributed by atoms with van der Waals surface area (Å²) < 4.78 is 6.54. The Hall–Kier alpha value is -3.11. The second kappa shape index (κ2) is 6.48. The fourth-order valence-corrected chi connectivity index (χ4v) is 7.68. The largest absolute Gasteiger partial charge is 0.504 e. The number of carbonyl (C=O) groups is 1. The molecule has 7 rings (SSSR count). The van der Waals surface area contributed by atoms with E-state index in [1.165, 1.54) is 5.56 Å². The molecule has 0 radical (unpaired) electrons. The molecule has 4 heteroatoms. The van der Waals surface area contributed by atoms with Gasteiger partial charge in [0, 0.05) is 17.0 Å². The summed E-state index contributed by atoms with van der Waals surface area (Å²) in [7, 11) is 2.22. The van der Waals surface area contributed by atoms with Gasteiger partial charge in [0.1, 0.15) is 0 Å². The van der Waals surface area contributed by atoms with Gasteiger partial charge in [-0.1, -0.05) is 66.7 Å². The maximum absolute atomic E-state index is 14.7. The number of hydrogen-bond acceptors (Lipinski definition) is 4. The summed E-state index contributed by atoms with van der Waals surface area (Å²) in [6.07, 6.45) is 1.97. The van der Waals surface area contributed by atoms with Gasteiger partial charge in [-0.3, -0.25) is 4.79 Å². The van der Waals surface area contributed by atoms with Gasteiger partial charge in [-0.2, -0.15) is 0 Å². The average molecular weight is 438 g/mol. The summed E-state index contributed by atoms with van der Waals surface area (Å²) in [6.45, 7) is 0.937. The number of ether oxygens (including phenoxy) is 1. The zero-order chi connectivity index (χ0) is 22.4. The molecule has 2 aliphatic carbocycles. The third-order valence-electron chi connectivity index (χ3n) is 9.11. The predicted molar refractivity (Wildman–Crippen MR) is 126 cm³/mol. The van der Waals surface area contributed by atoms with Crippen LogP contribution >= 0.6 is 0 Å². The molecular weight excluding hydrogens is 410 g/mol. The van der Waals surface area contributed by atoms with Crippen LogP contribution in [0, 0.1) is 5.92 Å². The van der Waals surface area contributed by atoms with Gasteiger partial charge >= 0.3 is 0 Å². The van der Waals surface area contributed by atoms with Gasteiger partial charge in [-0.15, -0.1) is 0 Å². The fourth-order valence-electron chi connectivity index (χ4n) is 7.68. The minimum absolute atomic E-state index is 0.128. The van der Waals surface area contributed by atoms with Crippen molar-refractivity contribution in [3.63, 3.8) is 0 Å². The molecule has 0 aromatic heterocycles. The summed E-state index contributed by atoms with van der Waals surface area (Å²) in [5, 5.41) is 10.8. The summed E-state index contributed by atoms with van der Waals surface area (Å²) >= 11 is 0. The summed E-state index contributed by atoms with van der Waals surface area (Å²) in [5.41, 5.74) is 3.29. The van der Waals surface area contributed by atoms with E-state index in [1.807, 2.05) is 42.5 Å². The molecule has 3 aromatic rings. The maximum atomic E-state index is 14.7. The minimum Gasteiger partial charge on any atom is -0.504 e. The number of likely N-dealkylation sites (N-methyl/N-ethyl adjacent to an activating group) is 1. The van der Waals surface area contributed by atoms with E-state index < -0.39 is 11.5 Å². The number of phenols is 1. The monoisotopic (exact) mass is 437 g/mol. The Morgan fingerprint density at radius 3 is 2.30 bits per heavy atom. The second-order valence-electron chi connectivity index (χ2n) is 10.3. The van der Waals surface area contributed by atoms with Gasteiger partial charge in [-0.25, -0.2) is 0 Å². The van der Waals surface area contributed by atoms with Crippen molar-refractivity contribution >= 4 is 5.78 Å². The minimum atomic E-state index is -0.771. The zero-order valence-corrected chi connectivity index (χ0v) is 18.7. The average Bonchev–Trinajstić information content (AvgIpc) is 3.21. The quantitative estimate of drug-likeness (QED) is 0.652. The van der Waals surface area contributed by atoms with Crippen molar-refractivity contribution in [2.24, 2.45) is 5.92 Å². The molecule has 4 atom stereocenters. The van der Waals surface area contributed by atoms with E-state index in [0.29, 0.717) is 11.8 Å². The van der Waals surface area contributed by atoms with Gasteiger partial charge in [0.15, 0.2) is 23.4 Å². The first kappa shape index (κ1) is 19.4. The number of carbonyl (C=O) groups excluding carboxylic acids is 1. The number of phenolic OH excluding ortho intramolecular Hbond substituents is 1. The lowest BCUT2D eigenvalue weighted by Crippen LogP contribution is -2.70. The van der Waals surface area contributed by atoms with Crippen LogP contribution in [0.15, 0.2) is 72.8 Å². The van der Waals surface area contributed by atoms with E-state index in [4.69, 9.17) is 4.74 Å². The Labute approximate surface area is 193 Å². The molecule has 4 nitrogen and oxygen atoms in total. The fraction of sp³-hybridized carbons (Fsp3) is 0.345. The third kappa shape index (κ3) is 2.23. The highest BCUT2D eigenvalue weighted by Gasteiger charge is 2.70. The van der Waals surface area contributed by atoms with E-state index >= 15 is 0 Å². The second-order valence-corrected chi connectivity index (χ2v) is 10.3. The Kier molecular flexibility index (Phi) is 3.80. The Morgan fingerprint density at radius 1 is 0.970 bits per heavy atom. The molecule has 1 N–H and O–H groups in total. The van der Waals surface area contributed by atoms with Gasteiger partial charge in [0.2, 0.25) is 0 Å². The van der Waals surface area contributed by atoms with E-state index in [0.717, 1.165) is 42.5 Å². The Bertz CT molecular complexity index is 1230. The molecule has 1 unspecified atom stereocenters. The summed E-state index contributed by atoms with van der Waals surface area (Å²) in [5.74, 6) is 1.10. The molecule has 0 amide bonds. The lowest BCUT2D eigenvalue weighted by Gasteiger charge is -2.60. The molecule has 2 fully saturated rings. The van der Waals surface area contributed by atoms with Crippen LogP contribution < -0.4 is 4.74 Å². The molecule has 1 saturated carbocycles. The number of likely N-dealkylation sites (tertiary alicyclic amines) is 1. The van der Waals surface area contributed by atoms with Crippen LogP contribution in [-0.4, -0.2) is 41.5 Å². The first-order valence-corrected chi connectivity index (χ1v) is 11.9. The zero-order valence-electron chi connectivity index (χ0n) is 18.7. The molecule has 2 heterocycles. The van der Waals surface area contributed by atoms with Crippen molar-refractivity contribution in [2.75, 3.05) is 13.6 Å². The number of aromatic hydroxyl groups is 1. The van der Waals surface area contributed by atoms with E-state index in [9.17, 15) is 9.90 Å². The highest BCUT2D eigenvalue weighted by Crippen LogP contribution is 2.66. The molecular formula is C29H27NO3. The van der Waals surface area contributed by atoms with Crippen LogP contribution in [0.1, 0.15) is 35.1 Å². The van der Waals surface area contributed by atoms with Crippen LogP contribution in [0.3, 0.4) is 0 Å². The van der Waals surface area contributed by atoms with Gasteiger partial charge in [-0.05, 0) is 61.5 Å². The molecule has 2 aliphatic heterocycles. The predicted octanol–water partition coefficient (Wildman–Crippen LogP) is 4.23. The van der Waals surface area contributed by atoms with Gasteiger partial charge in [0.25, 0.3) is 0 Å². The normalized spacial score (nSPS) is 31.1. The van der Waals surface area contributed by atoms with Crippen molar-refractivity contribution in [1.29, 1.82) is 0 Å². The SMILES string of the molecule is CN1CC[C@]23c4c5ccc(O)c4O[C@H]2C(=O)C(c2ccccc2)(c2ccccc2)CC3[C@H]1C5. The van der Waals surface area contributed by atoms with Crippen LogP contribution in [-0.2, 0) is 22.0 Å². The Morgan fingerprint density at radius 2 is 1.64 bits per heavy atom. The molecule has 3 aromatic carbocycles. The highest BCUT2D eigenvalue weighted by atomic mass is 16.5. The van der Waals surface area contributed by atoms with Gasteiger partial charge < -0.3 is 14.7 Å². The Balaban J connectivity index is 1.52. The lowest BCUT2D eigenvalue weighted by molar-refractivity contribution is -0.145. The van der Waals surface area contributed by atoms with Crippen LogP contribution in [0.4, 0.5) is 0 Å². The van der Waals surface area contributed by atoms with Crippen molar-refractivity contribution in [2.45, 2.75) is 42.2 Å². The number of ketones is 1. The van der Waals surface area contributed by atoms with Crippen LogP contribution in [0.25, 0.3) is 0 Å². The molecule has 166 valence electrons. The van der Waals surface area contributed by atoms with Crippen molar-refractivity contribution in [3.8, 4) is 11.5 Å². The van der Waals surface area contributed by atoms with Gasteiger partial charge in [0.05, 0.1) is 5.41 Å². The van der Waals surface area contributed by atoms with E-state index in [-0.39, 0.29) is 22.9 Å². The lowest BCUT2D eigenvalue weighted by atomic mass is 9.45. The molecule has 1 saturated heterocycles. The number of hydrogen-bond donors (Lipinski definition) is 1. The standard InChI is InChI=1S/C29H27NO3/c1-30-15-14-28-21-17-29(19-8-4-2-5-9-19,20-10-6-3-7-11-20)26(32)27(28)33-25-23(31)13-12-18(24(25)28)16-22(21)30/h2-13,21-22,27,31H,14-17H2,1H3/t21?,22-,27+,28+/m1/s1. The maximum Gasteiger partial charge on any atom is 0.189 e.